The molecule has 2 aliphatic rings. The summed E-state index contributed by atoms with van der Waals surface area (Å²) in [6.45, 7) is -6.33. The van der Waals surface area contributed by atoms with Gasteiger partial charge < -0.3 is 14.4 Å². The predicted molar refractivity (Wildman–Crippen MR) is 95.7 cm³/mol. The van der Waals surface area contributed by atoms with Gasteiger partial charge in [0.25, 0.3) is 0 Å². The van der Waals surface area contributed by atoms with Gasteiger partial charge in [-0.3, -0.25) is 4.79 Å². The summed E-state index contributed by atoms with van der Waals surface area (Å²) in [5.74, 6) is -1.30. The molecular formula is C18H19F4NO5S. The van der Waals surface area contributed by atoms with Crippen molar-refractivity contribution in [2.24, 2.45) is 0 Å². The average molecular weight is 437 g/mol. The van der Waals surface area contributed by atoms with Crippen LogP contribution in [0, 0.1) is 0 Å². The smallest absolute Gasteiger partial charge is 0.387 e. The second kappa shape index (κ2) is 8.60. The number of ether oxygens (including phenoxy) is 2. The highest BCUT2D eigenvalue weighted by atomic mass is 32.2. The Morgan fingerprint density at radius 1 is 1.07 bits per heavy atom. The van der Waals surface area contributed by atoms with Gasteiger partial charge in [0.2, 0.25) is 5.91 Å². The molecule has 3 rings (SSSR count). The van der Waals surface area contributed by atoms with E-state index >= 15 is 0 Å². The fraction of sp³-hybridized carbons (Fsp3) is 0.500. The Kier molecular flexibility index (Phi) is 6.35. The lowest BCUT2D eigenvalue weighted by Crippen LogP contribution is -2.41. The van der Waals surface area contributed by atoms with Gasteiger partial charge in [-0.05, 0) is 37.5 Å². The maximum absolute atomic E-state index is 12.7. The van der Waals surface area contributed by atoms with Crippen molar-refractivity contribution in [3.05, 3.63) is 29.8 Å². The number of benzene rings is 1. The number of halogens is 4. The number of hydrogen-bond donors (Lipinski definition) is 0. The van der Waals surface area contributed by atoms with E-state index in [0.29, 0.717) is 6.42 Å². The first kappa shape index (κ1) is 21.4. The molecule has 2 fully saturated rings. The molecule has 0 N–H and O–H groups in total. The molecule has 11 heteroatoms. The minimum atomic E-state index is -3.20. The first-order chi connectivity index (χ1) is 13.6. The summed E-state index contributed by atoms with van der Waals surface area (Å²) in [7, 11) is -3.18. The van der Waals surface area contributed by atoms with Crippen LogP contribution in [0.3, 0.4) is 0 Å². The van der Waals surface area contributed by atoms with E-state index in [9.17, 15) is 30.8 Å². The molecule has 1 aliphatic carbocycles. The molecule has 1 aromatic rings. The van der Waals surface area contributed by atoms with Crippen LogP contribution >= 0.6 is 0 Å². The Bertz CT molecular complexity index is 886. The third-order valence-electron chi connectivity index (χ3n) is 4.63. The van der Waals surface area contributed by atoms with Crippen LogP contribution in [0.15, 0.2) is 24.3 Å². The number of amides is 1. The second-order valence-electron chi connectivity index (χ2n) is 6.82. The first-order valence-electron chi connectivity index (χ1n) is 8.89. The highest BCUT2D eigenvalue weighted by Gasteiger charge is 2.41. The summed E-state index contributed by atoms with van der Waals surface area (Å²) < 4.78 is 81.9. The molecule has 0 bridgehead atoms. The molecule has 1 heterocycles. The van der Waals surface area contributed by atoms with Crippen molar-refractivity contribution in [3.63, 3.8) is 0 Å². The summed E-state index contributed by atoms with van der Waals surface area (Å²) in [5.41, 5.74) is 0.0649. The standard InChI is InChI=1S/C18H19F4NO5S/c19-17(20)27-14-5-1-11(15(9-14)28-18(21)22)2-6-16(24)23(12-3-4-12)13-7-8-29(25,26)10-13/h1-2,5-6,9,12-13,17-18H,3-4,7-8,10H2/b6-2+. The highest BCUT2D eigenvalue weighted by molar-refractivity contribution is 7.91. The van der Waals surface area contributed by atoms with Crippen LogP contribution in [0.5, 0.6) is 11.5 Å². The van der Waals surface area contributed by atoms with Gasteiger partial charge in [0.1, 0.15) is 11.5 Å². The zero-order chi connectivity index (χ0) is 21.2. The highest BCUT2D eigenvalue weighted by Crippen LogP contribution is 2.33. The van der Waals surface area contributed by atoms with Gasteiger partial charge in [0.05, 0.1) is 11.5 Å². The van der Waals surface area contributed by atoms with E-state index in [4.69, 9.17) is 0 Å². The summed E-state index contributed by atoms with van der Waals surface area (Å²) in [6, 6.07) is 2.77. The SMILES string of the molecule is O=C(/C=C/c1ccc(OC(F)F)cc1OC(F)F)N(C1CC1)C1CCS(=O)(=O)C1. The van der Waals surface area contributed by atoms with Crippen LogP contribution in [-0.2, 0) is 14.6 Å². The molecule has 1 amide bonds. The van der Waals surface area contributed by atoms with Gasteiger partial charge in [-0.2, -0.15) is 17.6 Å². The Labute approximate surface area is 165 Å². The van der Waals surface area contributed by atoms with Gasteiger partial charge in [-0.25, -0.2) is 8.42 Å². The van der Waals surface area contributed by atoms with Crippen molar-refractivity contribution in [1.29, 1.82) is 0 Å². The predicted octanol–water partition coefficient (Wildman–Crippen LogP) is 3.08. The minimum Gasteiger partial charge on any atom is -0.435 e. The molecule has 0 radical (unpaired) electrons. The summed E-state index contributed by atoms with van der Waals surface area (Å²) in [6.07, 6.45) is 4.28. The van der Waals surface area contributed by atoms with E-state index in [1.54, 1.807) is 0 Å². The molecular weight excluding hydrogens is 418 g/mol. The zero-order valence-electron chi connectivity index (χ0n) is 15.1. The second-order valence-corrected chi connectivity index (χ2v) is 9.05. The van der Waals surface area contributed by atoms with E-state index < -0.39 is 40.8 Å². The minimum absolute atomic E-state index is 0.0237. The molecule has 1 saturated carbocycles. The number of alkyl halides is 4. The van der Waals surface area contributed by atoms with E-state index in [-0.39, 0.29) is 28.9 Å². The van der Waals surface area contributed by atoms with Crippen molar-refractivity contribution >= 4 is 21.8 Å². The Hall–Kier alpha value is -2.30. The van der Waals surface area contributed by atoms with Crippen molar-refractivity contribution in [1.82, 2.24) is 4.90 Å². The molecule has 6 nitrogen and oxygen atoms in total. The van der Waals surface area contributed by atoms with Crippen molar-refractivity contribution in [2.75, 3.05) is 11.5 Å². The van der Waals surface area contributed by atoms with Crippen LogP contribution in [0.1, 0.15) is 24.8 Å². The largest absolute Gasteiger partial charge is 0.435 e. The molecule has 0 spiro atoms. The summed E-state index contributed by atoms with van der Waals surface area (Å²) >= 11 is 0. The number of carbonyl (C=O) groups excluding carboxylic acids is 1. The molecule has 1 aromatic carbocycles. The van der Waals surface area contributed by atoms with Gasteiger partial charge in [0, 0.05) is 29.8 Å². The maximum Gasteiger partial charge on any atom is 0.387 e. The van der Waals surface area contributed by atoms with Gasteiger partial charge in [-0.1, -0.05) is 0 Å². The normalized spacial score (nSPS) is 21.1. The van der Waals surface area contributed by atoms with Crippen molar-refractivity contribution in [2.45, 2.75) is 44.6 Å². The van der Waals surface area contributed by atoms with Gasteiger partial charge in [-0.15, -0.1) is 0 Å². The number of carbonyl (C=O) groups is 1. The van der Waals surface area contributed by atoms with Crippen LogP contribution < -0.4 is 9.47 Å². The topological polar surface area (TPSA) is 72.9 Å². The lowest BCUT2D eigenvalue weighted by atomic mass is 10.1. The molecule has 1 saturated heterocycles. The summed E-state index contributed by atoms with van der Waals surface area (Å²) in [5, 5.41) is 0. The Morgan fingerprint density at radius 3 is 2.31 bits per heavy atom. The molecule has 29 heavy (non-hydrogen) atoms. The fourth-order valence-corrected chi connectivity index (χ4v) is 4.99. The monoisotopic (exact) mass is 437 g/mol. The molecule has 0 aromatic heterocycles. The quantitative estimate of drug-likeness (QED) is 0.462. The van der Waals surface area contributed by atoms with E-state index in [1.165, 1.54) is 17.0 Å². The fourth-order valence-electron chi connectivity index (χ4n) is 3.28. The molecule has 1 atom stereocenters. The average Bonchev–Trinajstić information content (AvgIpc) is 3.36. The number of hydrogen-bond acceptors (Lipinski definition) is 5. The number of rotatable bonds is 8. The molecule has 1 unspecified atom stereocenters. The van der Waals surface area contributed by atoms with Gasteiger partial charge in [0.15, 0.2) is 9.84 Å². The Balaban J connectivity index is 1.79. The Morgan fingerprint density at radius 2 is 1.76 bits per heavy atom. The van der Waals surface area contributed by atoms with Crippen LogP contribution in [-0.4, -0.2) is 56.0 Å². The molecule has 160 valence electrons. The van der Waals surface area contributed by atoms with E-state index in [1.807, 2.05) is 0 Å². The number of nitrogens with zero attached hydrogens (tertiary/aromatic N) is 1. The molecule has 1 aliphatic heterocycles. The van der Waals surface area contributed by atoms with Crippen molar-refractivity contribution in [3.8, 4) is 11.5 Å². The van der Waals surface area contributed by atoms with Crippen LogP contribution in [0.2, 0.25) is 0 Å². The lowest BCUT2D eigenvalue weighted by Gasteiger charge is -2.27. The van der Waals surface area contributed by atoms with Crippen molar-refractivity contribution < 1.29 is 40.2 Å². The third-order valence-corrected chi connectivity index (χ3v) is 6.38. The zero-order valence-corrected chi connectivity index (χ0v) is 16.0. The van der Waals surface area contributed by atoms with E-state index in [2.05, 4.69) is 9.47 Å². The summed E-state index contributed by atoms with van der Waals surface area (Å²) in [4.78, 5) is 14.2. The third kappa shape index (κ3) is 5.84. The number of sulfone groups is 1. The lowest BCUT2D eigenvalue weighted by molar-refractivity contribution is -0.128. The first-order valence-corrected chi connectivity index (χ1v) is 10.7. The van der Waals surface area contributed by atoms with Crippen LogP contribution in [0.25, 0.3) is 6.08 Å². The van der Waals surface area contributed by atoms with Crippen LogP contribution in [0.4, 0.5) is 17.6 Å². The maximum atomic E-state index is 12.7. The van der Waals surface area contributed by atoms with Gasteiger partial charge >= 0.3 is 13.2 Å². The van der Waals surface area contributed by atoms with E-state index in [0.717, 1.165) is 31.1 Å².